The van der Waals surface area contributed by atoms with Crippen molar-refractivity contribution in [3.63, 3.8) is 0 Å². The highest BCUT2D eigenvalue weighted by Gasteiger charge is 2.10. The van der Waals surface area contributed by atoms with Gasteiger partial charge in [0, 0.05) is 24.5 Å². The van der Waals surface area contributed by atoms with Gasteiger partial charge in [0.05, 0.1) is 4.88 Å². The maximum atomic E-state index is 13.5. The number of imidazole rings is 1. The molecule has 0 radical (unpaired) electrons. The predicted molar refractivity (Wildman–Crippen MR) is 83.8 cm³/mol. The van der Waals surface area contributed by atoms with Crippen molar-refractivity contribution >= 4 is 17.2 Å². The summed E-state index contributed by atoms with van der Waals surface area (Å²) < 4.78 is 15.3. The highest BCUT2D eigenvalue weighted by Crippen LogP contribution is 2.22. The summed E-state index contributed by atoms with van der Waals surface area (Å²) in [7, 11) is 0. The Morgan fingerprint density at radius 3 is 2.91 bits per heavy atom. The van der Waals surface area contributed by atoms with Gasteiger partial charge in [-0.3, -0.25) is 4.79 Å². The van der Waals surface area contributed by atoms with Gasteiger partial charge >= 0.3 is 0 Å². The number of carbonyl (C=O) groups is 1. The Morgan fingerprint density at radius 1 is 1.27 bits per heavy atom. The lowest BCUT2D eigenvalue weighted by Gasteiger charge is -2.08. The molecule has 0 fully saturated rings. The van der Waals surface area contributed by atoms with Crippen molar-refractivity contribution in [2.24, 2.45) is 0 Å². The number of benzene rings is 1. The molecule has 0 aliphatic heterocycles. The summed E-state index contributed by atoms with van der Waals surface area (Å²) in [6.07, 6.45) is 3.43. The highest BCUT2D eigenvalue weighted by molar-refractivity contribution is 7.13. The number of halogens is 1. The van der Waals surface area contributed by atoms with E-state index in [2.05, 4.69) is 10.3 Å². The van der Waals surface area contributed by atoms with E-state index in [1.807, 2.05) is 17.5 Å². The molecule has 0 saturated carbocycles. The van der Waals surface area contributed by atoms with Crippen LogP contribution < -0.4 is 5.32 Å². The number of nitrogens with zero attached hydrogens (tertiary/aromatic N) is 2. The second-order valence-electron chi connectivity index (χ2n) is 4.72. The molecule has 6 heteroatoms. The van der Waals surface area contributed by atoms with Gasteiger partial charge in [-0.05, 0) is 17.5 Å². The number of thiophene rings is 1. The number of hydrogen-bond acceptors (Lipinski definition) is 3. The Balaban J connectivity index is 1.63. The van der Waals surface area contributed by atoms with Gasteiger partial charge in [0.15, 0.2) is 0 Å². The van der Waals surface area contributed by atoms with Gasteiger partial charge in [-0.15, -0.1) is 11.3 Å². The van der Waals surface area contributed by atoms with Crippen LogP contribution in [0.2, 0.25) is 0 Å². The van der Waals surface area contributed by atoms with Crippen molar-refractivity contribution < 1.29 is 9.18 Å². The molecular weight excluding hydrogens is 301 g/mol. The molecule has 4 nitrogen and oxygen atoms in total. The smallest absolute Gasteiger partial charge is 0.240 e. The minimum atomic E-state index is -0.315. The lowest BCUT2D eigenvalue weighted by molar-refractivity contribution is -0.121. The summed E-state index contributed by atoms with van der Waals surface area (Å²) >= 11 is 1.57. The van der Waals surface area contributed by atoms with E-state index in [4.69, 9.17) is 0 Å². The molecule has 22 heavy (non-hydrogen) atoms. The van der Waals surface area contributed by atoms with Crippen LogP contribution in [0, 0.1) is 5.82 Å². The zero-order valence-electron chi connectivity index (χ0n) is 11.7. The van der Waals surface area contributed by atoms with Gasteiger partial charge < -0.3 is 9.88 Å². The molecule has 0 aliphatic rings. The second kappa shape index (κ2) is 6.53. The topological polar surface area (TPSA) is 46.9 Å². The van der Waals surface area contributed by atoms with Gasteiger partial charge in [-0.25, -0.2) is 9.37 Å². The van der Waals surface area contributed by atoms with E-state index in [1.165, 1.54) is 6.07 Å². The van der Waals surface area contributed by atoms with E-state index in [9.17, 15) is 9.18 Å². The van der Waals surface area contributed by atoms with E-state index in [0.29, 0.717) is 5.56 Å². The molecule has 1 N–H and O–H groups in total. The zero-order chi connectivity index (χ0) is 15.4. The van der Waals surface area contributed by atoms with Crippen LogP contribution in [0.4, 0.5) is 4.39 Å². The van der Waals surface area contributed by atoms with E-state index in [0.717, 1.165) is 10.7 Å². The molecule has 0 unspecified atom stereocenters. The van der Waals surface area contributed by atoms with Crippen LogP contribution in [0.15, 0.2) is 54.2 Å². The predicted octanol–water partition coefficient (Wildman–Crippen LogP) is 3.07. The van der Waals surface area contributed by atoms with Gasteiger partial charge in [-0.1, -0.05) is 24.3 Å². The van der Waals surface area contributed by atoms with Crippen LogP contribution >= 0.6 is 11.3 Å². The zero-order valence-corrected chi connectivity index (χ0v) is 12.5. The lowest BCUT2D eigenvalue weighted by Crippen LogP contribution is -2.27. The van der Waals surface area contributed by atoms with Crippen molar-refractivity contribution in [2.45, 2.75) is 13.1 Å². The number of nitrogens with one attached hydrogen (secondary N) is 1. The third-order valence-electron chi connectivity index (χ3n) is 3.20. The third kappa shape index (κ3) is 3.23. The quantitative estimate of drug-likeness (QED) is 0.786. The molecule has 0 spiro atoms. The molecule has 112 valence electrons. The van der Waals surface area contributed by atoms with Crippen LogP contribution in [0.3, 0.4) is 0 Å². The van der Waals surface area contributed by atoms with Gasteiger partial charge in [0.25, 0.3) is 0 Å². The summed E-state index contributed by atoms with van der Waals surface area (Å²) in [5.74, 6) is 0.264. The molecule has 2 heterocycles. The van der Waals surface area contributed by atoms with E-state index in [1.54, 1.807) is 46.5 Å². The monoisotopic (exact) mass is 315 g/mol. The summed E-state index contributed by atoms with van der Waals surface area (Å²) in [5, 5.41) is 4.69. The molecule has 0 saturated heterocycles. The third-order valence-corrected chi connectivity index (χ3v) is 4.07. The standard InChI is InChI=1S/C16H14FN3OS/c17-13-5-2-1-4-12(13)10-19-15(21)11-20-8-7-18-16(20)14-6-3-9-22-14/h1-9H,10-11H2,(H,19,21). The van der Waals surface area contributed by atoms with Crippen LogP contribution in [0.1, 0.15) is 5.56 Å². The molecule has 2 aromatic heterocycles. The summed E-state index contributed by atoms with van der Waals surface area (Å²) in [5.41, 5.74) is 0.472. The van der Waals surface area contributed by atoms with E-state index >= 15 is 0 Å². The molecule has 3 rings (SSSR count). The van der Waals surface area contributed by atoms with Crippen LogP contribution in [0.25, 0.3) is 10.7 Å². The summed E-state index contributed by atoms with van der Waals surface area (Å²) in [4.78, 5) is 17.3. The van der Waals surface area contributed by atoms with Crippen LogP contribution in [-0.2, 0) is 17.9 Å². The molecule has 0 aliphatic carbocycles. The van der Waals surface area contributed by atoms with Crippen molar-refractivity contribution in [1.82, 2.24) is 14.9 Å². The fourth-order valence-electron chi connectivity index (χ4n) is 2.11. The van der Waals surface area contributed by atoms with Crippen LogP contribution in [0.5, 0.6) is 0 Å². The highest BCUT2D eigenvalue weighted by atomic mass is 32.1. The van der Waals surface area contributed by atoms with Gasteiger partial charge in [-0.2, -0.15) is 0 Å². The largest absolute Gasteiger partial charge is 0.350 e. The molecule has 1 amide bonds. The Bertz CT molecular complexity index is 767. The molecule has 0 bridgehead atoms. The first-order chi connectivity index (χ1) is 10.7. The van der Waals surface area contributed by atoms with Crippen molar-refractivity contribution in [2.75, 3.05) is 0 Å². The Labute approximate surface area is 131 Å². The second-order valence-corrected chi connectivity index (χ2v) is 5.67. The first-order valence-electron chi connectivity index (χ1n) is 6.79. The van der Waals surface area contributed by atoms with Crippen molar-refractivity contribution in [3.05, 3.63) is 65.6 Å². The fourth-order valence-corrected chi connectivity index (χ4v) is 2.85. The van der Waals surface area contributed by atoms with E-state index in [-0.39, 0.29) is 24.8 Å². The fraction of sp³-hybridized carbons (Fsp3) is 0.125. The number of carbonyl (C=O) groups excluding carboxylic acids is 1. The minimum Gasteiger partial charge on any atom is -0.350 e. The van der Waals surface area contributed by atoms with Crippen molar-refractivity contribution in [3.8, 4) is 10.7 Å². The van der Waals surface area contributed by atoms with Gasteiger partial charge in [0.1, 0.15) is 18.2 Å². The molecule has 0 atom stereocenters. The maximum Gasteiger partial charge on any atom is 0.240 e. The number of amides is 1. The molecule has 1 aromatic carbocycles. The first kappa shape index (κ1) is 14.5. The summed E-state index contributed by atoms with van der Waals surface area (Å²) in [6.45, 7) is 0.330. The van der Waals surface area contributed by atoms with Gasteiger partial charge in [0.2, 0.25) is 5.91 Å². The molecule has 3 aromatic rings. The Hall–Kier alpha value is -2.47. The van der Waals surface area contributed by atoms with E-state index < -0.39 is 0 Å². The van der Waals surface area contributed by atoms with Crippen LogP contribution in [-0.4, -0.2) is 15.5 Å². The SMILES string of the molecule is O=C(Cn1ccnc1-c1cccs1)NCc1ccccc1F. The average molecular weight is 315 g/mol. The number of hydrogen-bond donors (Lipinski definition) is 1. The Morgan fingerprint density at radius 2 is 2.14 bits per heavy atom. The first-order valence-corrected chi connectivity index (χ1v) is 7.67. The number of rotatable bonds is 5. The normalized spacial score (nSPS) is 10.6. The van der Waals surface area contributed by atoms with Crippen molar-refractivity contribution in [1.29, 1.82) is 0 Å². The maximum absolute atomic E-state index is 13.5. The number of aromatic nitrogens is 2. The summed E-state index contributed by atoms with van der Waals surface area (Å²) in [6, 6.07) is 10.3. The molecular formula is C16H14FN3OS. The minimum absolute atomic E-state index is 0.154. The lowest BCUT2D eigenvalue weighted by atomic mass is 10.2. The Kier molecular flexibility index (Phi) is 4.29. The average Bonchev–Trinajstić information content (AvgIpc) is 3.17.